The first kappa shape index (κ1) is 12.0. The summed E-state index contributed by atoms with van der Waals surface area (Å²) in [5.74, 6) is 0.273. The molecule has 0 atom stereocenters. The lowest BCUT2D eigenvalue weighted by atomic mass is 10.1. The van der Waals surface area contributed by atoms with Gasteiger partial charge >= 0.3 is 0 Å². The normalized spacial score (nSPS) is 16.1. The Morgan fingerprint density at radius 2 is 1.82 bits per heavy atom. The average molecular weight is 232 g/mol. The molecule has 0 unspecified atom stereocenters. The molecule has 0 aliphatic carbocycles. The summed E-state index contributed by atoms with van der Waals surface area (Å²) in [6, 6.07) is 8.44. The summed E-state index contributed by atoms with van der Waals surface area (Å²) in [5.41, 5.74) is 2.61. The fourth-order valence-corrected chi connectivity index (χ4v) is 2.34. The van der Waals surface area contributed by atoms with Gasteiger partial charge in [-0.15, -0.1) is 0 Å². The van der Waals surface area contributed by atoms with Gasteiger partial charge in [0.25, 0.3) is 0 Å². The van der Waals surface area contributed by atoms with Crippen molar-refractivity contribution in [3.05, 3.63) is 29.8 Å². The Kier molecular flexibility index (Phi) is 3.67. The summed E-state index contributed by atoms with van der Waals surface area (Å²) in [4.78, 5) is 15.9. The maximum Gasteiger partial charge on any atom is 0.222 e. The second-order valence-electron chi connectivity index (χ2n) is 4.51. The smallest absolute Gasteiger partial charge is 0.222 e. The van der Waals surface area contributed by atoms with Crippen molar-refractivity contribution < 1.29 is 4.79 Å². The molecule has 1 amide bonds. The number of rotatable bonds is 2. The Balaban J connectivity index is 2.00. The van der Waals surface area contributed by atoms with Crippen molar-refractivity contribution in [2.75, 3.05) is 31.1 Å². The lowest BCUT2D eigenvalue weighted by molar-refractivity contribution is -0.131. The zero-order valence-electron chi connectivity index (χ0n) is 10.6. The molecule has 0 spiro atoms. The van der Waals surface area contributed by atoms with Crippen LogP contribution in [0.4, 0.5) is 5.69 Å². The highest BCUT2D eigenvalue weighted by Gasteiger charge is 2.20. The Bertz CT molecular complexity index is 395. The summed E-state index contributed by atoms with van der Waals surface area (Å²) in [7, 11) is 0. The minimum atomic E-state index is 0.273. The molecule has 0 saturated carbocycles. The number of anilines is 1. The highest BCUT2D eigenvalue weighted by molar-refractivity contribution is 5.76. The van der Waals surface area contributed by atoms with E-state index in [2.05, 4.69) is 36.1 Å². The molecule has 1 aliphatic rings. The lowest BCUT2D eigenvalue weighted by Gasteiger charge is -2.36. The summed E-state index contributed by atoms with van der Waals surface area (Å²) >= 11 is 0. The first-order valence-corrected chi connectivity index (χ1v) is 6.30. The third-order valence-electron chi connectivity index (χ3n) is 3.39. The molecule has 0 bridgehead atoms. The van der Waals surface area contributed by atoms with E-state index in [0.29, 0.717) is 6.42 Å². The minimum Gasteiger partial charge on any atom is -0.368 e. The number of hydrogen-bond donors (Lipinski definition) is 0. The molecule has 3 nitrogen and oxygen atoms in total. The van der Waals surface area contributed by atoms with Gasteiger partial charge in [0, 0.05) is 38.3 Å². The van der Waals surface area contributed by atoms with E-state index in [9.17, 15) is 4.79 Å². The van der Waals surface area contributed by atoms with Crippen molar-refractivity contribution in [2.45, 2.75) is 20.3 Å². The van der Waals surface area contributed by atoms with Gasteiger partial charge in [-0.05, 0) is 18.6 Å². The van der Waals surface area contributed by atoms with Gasteiger partial charge in [-0.3, -0.25) is 4.79 Å². The topological polar surface area (TPSA) is 23.6 Å². The van der Waals surface area contributed by atoms with Gasteiger partial charge in [0.1, 0.15) is 0 Å². The number of para-hydroxylation sites is 1. The summed E-state index contributed by atoms with van der Waals surface area (Å²) in [6.45, 7) is 7.64. The molecule has 1 aromatic carbocycles. The molecule has 0 radical (unpaired) electrons. The van der Waals surface area contributed by atoms with E-state index in [1.54, 1.807) is 0 Å². The van der Waals surface area contributed by atoms with Gasteiger partial charge in [0.05, 0.1) is 0 Å². The van der Waals surface area contributed by atoms with Crippen molar-refractivity contribution in [2.24, 2.45) is 0 Å². The van der Waals surface area contributed by atoms with Crippen LogP contribution in [-0.2, 0) is 4.79 Å². The monoisotopic (exact) mass is 232 g/mol. The quantitative estimate of drug-likeness (QED) is 0.779. The van der Waals surface area contributed by atoms with Crippen LogP contribution in [0.15, 0.2) is 24.3 Å². The third-order valence-corrected chi connectivity index (χ3v) is 3.39. The molecule has 1 heterocycles. The number of nitrogens with zero attached hydrogens (tertiary/aromatic N) is 2. The molecule has 17 heavy (non-hydrogen) atoms. The molecule has 1 saturated heterocycles. The van der Waals surface area contributed by atoms with Crippen molar-refractivity contribution in [1.82, 2.24) is 4.90 Å². The van der Waals surface area contributed by atoms with Gasteiger partial charge in [0.15, 0.2) is 0 Å². The van der Waals surface area contributed by atoms with E-state index in [4.69, 9.17) is 0 Å². The van der Waals surface area contributed by atoms with E-state index >= 15 is 0 Å². The van der Waals surface area contributed by atoms with Crippen LogP contribution in [0, 0.1) is 6.92 Å². The van der Waals surface area contributed by atoms with E-state index in [0.717, 1.165) is 26.2 Å². The van der Waals surface area contributed by atoms with Crippen LogP contribution in [-0.4, -0.2) is 37.0 Å². The van der Waals surface area contributed by atoms with Crippen LogP contribution >= 0.6 is 0 Å². The maximum atomic E-state index is 11.6. The molecule has 1 aliphatic heterocycles. The molecule has 0 aromatic heterocycles. The van der Waals surface area contributed by atoms with Crippen LogP contribution < -0.4 is 4.90 Å². The Labute approximate surface area is 103 Å². The van der Waals surface area contributed by atoms with Crippen LogP contribution in [0.5, 0.6) is 0 Å². The third kappa shape index (κ3) is 2.60. The Hall–Kier alpha value is -1.51. The van der Waals surface area contributed by atoms with Gasteiger partial charge in [-0.1, -0.05) is 25.1 Å². The first-order valence-electron chi connectivity index (χ1n) is 6.30. The summed E-state index contributed by atoms with van der Waals surface area (Å²) in [5, 5.41) is 0. The van der Waals surface area contributed by atoms with Crippen LogP contribution in [0.2, 0.25) is 0 Å². The number of carbonyl (C=O) groups excluding carboxylic acids is 1. The molecule has 3 heteroatoms. The second kappa shape index (κ2) is 5.21. The SMILES string of the molecule is CCC(=O)N1CCN(c2ccccc2C)CC1. The second-order valence-corrected chi connectivity index (χ2v) is 4.51. The van der Waals surface area contributed by atoms with Gasteiger partial charge in [-0.2, -0.15) is 0 Å². The van der Waals surface area contributed by atoms with E-state index in [1.807, 2.05) is 11.8 Å². The van der Waals surface area contributed by atoms with E-state index in [-0.39, 0.29) is 5.91 Å². The van der Waals surface area contributed by atoms with Crippen molar-refractivity contribution in [1.29, 1.82) is 0 Å². The summed E-state index contributed by atoms with van der Waals surface area (Å²) < 4.78 is 0. The minimum absolute atomic E-state index is 0.273. The van der Waals surface area contributed by atoms with Crippen molar-refractivity contribution in [3.63, 3.8) is 0 Å². The number of carbonyl (C=O) groups is 1. The van der Waals surface area contributed by atoms with Crippen LogP contribution in [0.3, 0.4) is 0 Å². The fourth-order valence-electron chi connectivity index (χ4n) is 2.34. The van der Waals surface area contributed by atoms with Crippen molar-refractivity contribution >= 4 is 11.6 Å². The Morgan fingerprint density at radius 1 is 1.18 bits per heavy atom. The number of benzene rings is 1. The van der Waals surface area contributed by atoms with Gasteiger partial charge in [0.2, 0.25) is 5.91 Å². The average Bonchev–Trinajstić information content (AvgIpc) is 2.39. The van der Waals surface area contributed by atoms with E-state index in [1.165, 1.54) is 11.3 Å². The molecule has 1 fully saturated rings. The molecule has 1 aromatic rings. The lowest BCUT2D eigenvalue weighted by Crippen LogP contribution is -2.48. The fraction of sp³-hybridized carbons (Fsp3) is 0.500. The zero-order valence-corrected chi connectivity index (χ0v) is 10.6. The zero-order chi connectivity index (χ0) is 12.3. The predicted molar refractivity (Wildman–Crippen MR) is 70.3 cm³/mol. The molecule has 0 N–H and O–H groups in total. The number of amides is 1. The van der Waals surface area contributed by atoms with Crippen LogP contribution in [0.25, 0.3) is 0 Å². The highest BCUT2D eigenvalue weighted by Crippen LogP contribution is 2.20. The molecule has 2 rings (SSSR count). The maximum absolute atomic E-state index is 11.6. The van der Waals surface area contributed by atoms with Crippen molar-refractivity contribution in [3.8, 4) is 0 Å². The first-order chi connectivity index (χ1) is 8.22. The highest BCUT2D eigenvalue weighted by atomic mass is 16.2. The Morgan fingerprint density at radius 3 is 2.41 bits per heavy atom. The molecular formula is C14H20N2O. The van der Waals surface area contributed by atoms with Crippen LogP contribution in [0.1, 0.15) is 18.9 Å². The van der Waals surface area contributed by atoms with E-state index < -0.39 is 0 Å². The largest absolute Gasteiger partial charge is 0.368 e. The van der Waals surface area contributed by atoms with Gasteiger partial charge in [-0.25, -0.2) is 0 Å². The standard InChI is InChI=1S/C14H20N2O/c1-3-14(17)16-10-8-15(9-11-16)13-7-5-4-6-12(13)2/h4-7H,3,8-11H2,1-2H3. The van der Waals surface area contributed by atoms with Gasteiger partial charge < -0.3 is 9.80 Å². The summed E-state index contributed by atoms with van der Waals surface area (Å²) in [6.07, 6.45) is 0.615. The number of aryl methyl sites for hydroxylation is 1. The molecule has 92 valence electrons. The molecular weight excluding hydrogens is 212 g/mol. The number of piperazine rings is 1. The number of hydrogen-bond acceptors (Lipinski definition) is 2. The predicted octanol–water partition coefficient (Wildman–Crippen LogP) is 2.05.